The predicted octanol–water partition coefficient (Wildman–Crippen LogP) is 3.04. The van der Waals surface area contributed by atoms with Crippen LogP contribution in [0.25, 0.3) is 0 Å². The van der Waals surface area contributed by atoms with Gasteiger partial charge in [-0.25, -0.2) is 18.4 Å². The van der Waals surface area contributed by atoms with E-state index in [-0.39, 0.29) is 0 Å². The fourth-order valence-corrected chi connectivity index (χ4v) is 2.60. The number of anilines is 1. The van der Waals surface area contributed by atoms with Crippen molar-refractivity contribution in [2.24, 2.45) is 0 Å². The molecule has 0 radical (unpaired) electrons. The number of hydrogen-bond donors (Lipinski definition) is 1. The van der Waals surface area contributed by atoms with E-state index in [0.717, 1.165) is 30.5 Å². The molecule has 0 bridgehead atoms. The highest BCUT2D eigenvalue weighted by Crippen LogP contribution is 2.31. The van der Waals surface area contributed by atoms with E-state index in [1.54, 1.807) is 0 Å². The Bertz CT molecular complexity index is 941. The van der Waals surface area contributed by atoms with Gasteiger partial charge in [0.15, 0.2) is 5.03 Å². The zero-order valence-corrected chi connectivity index (χ0v) is 13.1. The molecule has 140 valence electrons. The molecular formula is C13H7F6N3O3S. The molecule has 6 nitrogen and oxygen atoms in total. The number of sulfone groups is 1. The largest absolute Gasteiger partial charge is 0.503 e. The quantitative estimate of drug-likeness (QED) is 0.802. The standard InChI is InChI=1S/C13H7F6N3O3S/c14-12(15,16)8-4-1-5-9(21-8)22-10(23)7-3-2-6-20-11(7)26(24,25)13(17,18)19/h1-6H,(H,21,22,23). The number of aromatic nitrogens is 2. The van der Waals surface area contributed by atoms with Gasteiger partial charge >= 0.3 is 11.7 Å². The van der Waals surface area contributed by atoms with Crippen LogP contribution in [0.4, 0.5) is 32.2 Å². The lowest BCUT2D eigenvalue weighted by Gasteiger charge is -2.12. The van der Waals surface area contributed by atoms with Crippen LogP contribution in [0, 0.1) is 0 Å². The third-order valence-electron chi connectivity index (χ3n) is 2.86. The Balaban J connectivity index is 2.42. The van der Waals surface area contributed by atoms with Gasteiger partial charge in [0, 0.05) is 6.20 Å². The van der Waals surface area contributed by atoms with E-state index in [9.17, 15) is 39.6 Å². The predicted molar refractivity (Wildman–Crippen MR) is 74.7 cm³/mol. The lowest BCUT2D eigenvalue weighted by Crippen LogP contribution is -2.27. The summed E-state index contributed by atoms with van der Waals surface area (Å²) in [5.74, 6) is -2.06. The molecule has 2 aromatic rings. The Labute approximate surface area is 141 Å². The van der Waals surface area contributed by atoms with Gasteiger partial charge in [0.05, 0.1) is 5.56 Å². The summed E-state index contributed by atoms with van der Waals surface area (Å²) in [6.45, 7) is 0. The maximum atomic E-state index is 12.7. The van der Waals surface area contributed by atoms with Crippen molar-refractivity contribution < 1.29 is 39.6 Å². The Morgan fingerprint density at radius 1 is 1.00 bits per heavy atom. The zero-order valence-electron chi connectivity index (χ0n) is 12.3. The maximum absolute atomic E-state index is 12.7. The van der Waals surface area contributed by atoms with Crippen LogP contribution in [-0.4, -0.2) is 29.8 Å². The first kappa shape index (κ1) is 19.6. The monoisotopic (exact) mass is 399 g/mol. The first-order valence-electron chi connectivity index (χ1n) is 6.46. The van der Waals surface area contributed by atoms with Crippen molar-refractivity contribution in [3.63, 3.8) is 0 Å². The maximum Gasteiger partial charge on any atom is 0.503 e. The van der Waals surface area contributed by atoms with Crippen molar-refractivity contribution in [1.82, 2.24) is 9.97 Å². The number of nitrogens with one attached hydrogen (secondary N) is 1. The van der Waals surface area contributed by atoms with Gasteiger partial charge in [-0.1, -0.05) is 6.07 Å². The summed E-state index contributed by atoms with van der Waals surface area (Å²) >= 11 is 0. The fourth-order valence-electron chi connectivity index (χ4n) is 1.73. The second kappa shape index (κ2) is 6.55. The average molecular weight is 399 g/mol. The molecule has 0 spiro atoms. The number of rotatable bonds is 3. The van der Waals surface area contributed by atoms with Gasteiger partial charge < -0.3 is 5.32 Å². The first-order chi connectivity index (χ1) is 11.8. The van der Waals surface area contributed by atoms with Gasteiger partial charge in [-0.05, 0) is 24.3 Å². The van der Waals surface area contributed by atoms with Crippen LogP contribution in [-0.2, 0) is 16.0 Å². The molecule has 0 unspecified atom stereocenters. The third-order valence-corrected chi connectivity index (χ3v) is 4.30. The number of carbonyl (C=O) groups excluding carboxylic acids is 1. The summed E-state index contributed by atoms with van der Waals surface area (Å²) in [4.78, 5) is 18.2. The van der Waals surface area contributed by atoms with Gasteiger partial charge in [-0.2, -0.15) is 26.3 Å². The minimum absolute atomic E-state index is 0.610. The Morgan fingerprint density at radius 3 is 2.23 bits per heavy atom. The Morgan fingerprint density at radius 2 is 1.65 bits per heavy atom. The molecule has 0 atom stereocenters. The highest BCUT2D eigenvalue weighted by molar-refractivity contribution is 7.92. The minimum Gasteiger partial charge on any atom is -0.306 e. The second-order valence-corrected chi connectivity index (χ2v) is 6.52. The van der Waals surface area contributed by atoms with E-state index < -0.39 is 49.5 Å². The van der Waals surface area contributed by atoms with Gasteiger partial charge in [0.25, 0.3) is 15.7 Å². The summed E-state index contributed by atoms with van der Waals surface area (Å²) in [5.41, 5.74) is -8.07. The third kappa shape index (κ3) is 3.92. The van der Waals surface area contributed by atoms with Crippen LogP contribution in [0.2, 0.25) is 0 Å². The number of nitrogens with zero attached hydrogens (tertiary/aromatic N) is 2. The molecular weight excluding hydrogens is 392 g/mol. The van der Waals surface area contributed by atoms with Crippen LogP contribution < -0.4 is 5.32 Å². The number of alkyl halides is 6. The number of carbonyl (C=O) groups is 1. The van der Waals surface area contributed by atoms with Crippen LogP contribution >= 0.6 is 0 Å². The topological polar surface area (TPSA) is 89.0 Å². The smallest absolute Gasteiger partial charge is 0.306 e. The Kier molecular flexibility index (Phi) is 4.94. The molecule has 2 aromatic heterocycles. The second-order valence-electron chi connectivity index (χ2n) is 4.67. The van der Waals surface area contributed by atoms with E-state index in [1.165, 1.54) is 0 Å². The molecule has 13 heteroatoms. The molecule has 1 N–H and O–H groups in total. The van der Waals surface area contributed by atoms with Crippen molar-refractivity contribution in [1.29, 1.82) is 0 Å². The highest BCUT2D eigenvalue weighted by Gasteiger charge is 2.49. The number of amides is 1. The van der Waals surface area contributed by atoms with E-state index >= 15 is 0 Å². The summed E-state index contributed by atoms with van der Waals surface area (Å²) in [7, 11) is -5.95. The molecule has 26 heavy (non-hydrogen) atoms. The van der Waals surface area contributed by atoms with Crippen molar-refractivity contribution in [3.05, 3.63) is 47.8 Å². The van der Waals surface area contributed by atoms with E-state index in [0.29, 0.717) is 6.07 Å². The number of hydrogen-bond acceptors (Lipinski definition) is 5. The van der Waals surface area contributed by atoms with E-state index in [1.807, 2.05) is 5.32 Å². The summed E-state index contributed by atoms with van der Waals surface area (Å²) in [5, 5.41) is 0.241. The minimum atomic E-state index is -5.95. The molecule has 0 aliphatic carbocycles. The summed E-state index contributed by atoms with van der Waals surface area (Å²) < 4.78 is 98.8. The molecule has 0 saturated carbocycles. The lowest BCUT2D eigenvalue weighted by atomic mass is 10.2. The van der Waals surface area contributed by atoms with Crippen LogP contribution in [0.5, 0.6) is 0 Å². The van der Waals surface area contributed by atoms with Crippen LogP contribution in [0.15, 0.2) is 41.6 Å². The zero-order chi connectivity index (χ0) is 19.8. The summed E-state index contributed by atoms with van der Waals surface area (Å²) in [6, 6.07) is 4.18. The van der Waals surface area contributed by atoms with Crippen LogP contribution in [0.1, 0.15) is 16.1 Å². The van der Waals surface area contributed by atoms with Crippen LogP contribution in [0.3, 0.4) is 0 Å². The van der Waals surface area contributed by atoms with Crippen molar-refractivity contribution in [3.8, 4) is 0 Å². The average Bonchev–Trinajstić information content (AvgIpc) is 2.53. The molecule has 1 amide bonds. The van der Waals surface area contributed by atoms with Crippen molar-refractivity contribution >= 4 is 21.6 Å². The van der Waals surface area contributed by atoms with Crippen molar-refractivity contribution in [2.75, 3.05) is 5.32 Å². The number of pyridine rings is 2. The fraction of sp³-hybridized carbons (Fsp3) is 0.154. The van der Waals surface area contributed by atoms with Gasteiger partial charge in [-0.3, -0.25) is 4.79 Å². The van der Waals surface area contributed by atoms with Gasteiger partial charge in [0.1, 0.15) is 11.5 Å². The first-order valence-corrected chi connectivity index (χ1v) is 7.94. The normalized spacial score (nSPS) is 12.7. The molecule has 0 saturated heterocycles. The molecule has 0 fully saturated rings. The Hall–Kier alpha value is -2.70. The molecule has 0 aliphatic rings. The molecule has 0 aliphatic heterocycles. The molecule has 2 rings (SSSR count). The van der Waals surface area contributed by atoms with Crippen molar-refractivity contribution in [2.45, 2.75) is 16.7 Å². The van der Waals surface area contributed by atoms with Gasteiger partial charge in [0.2, 0.25) is 0 Å². The number of halogens is 6. The lowest BCUT2D eigenvalue weighted by molar-refractivity contribution is -0.141. The molecule has 0 aromatic carbocycles. The van der Waals surface area contributed by atoms with E-state index in [2.05, 4.69) is 9.97 Å². The summed E-state index contributed by atoms with van der Waals surface area (Å²) in [6.07, 6.45) is -4.10. The van der Waals surface area contributed by atoms with E-state index in [4.69, 9.17) is 0 Å². The van der Waals surface area contributed by atoms with Gasteiger partial charge in [-0.15, -0.1) is 0 Å². The SMILES string of the molecule is O=C(Nc1cccc(C(F)(F)F)n1)c1cccnc1S(=O)(=O)C(F)(F)F. The molecule has 2 heterocycles. The highest BCUT2D eigenvalue weighted by atomic mass is 32.2.